The van der Waals surface area contributed by atoms with E-state index >= 15 is 0 Å². The highest BCUT2D eigenvalue weighted by Crippen LogP contribution is 2.25. The second-order valence-electron chi connectivity index (χ2n) is 3.98. The van der Waals surface area contributed by atoms with Gasteiger partial charge < -0.3 is 5.73 Å². The van der Waals surface area contributed by atoms with E-state index in [1.165, 1.54) is 12.1 Å². The molecule has 0 saturated carbocycles. The Hall–Kier alpha value is -1.74. The van der Waals surface area contributed by atoms with Crippen molar-refractivity contribution < 1.29 is 8.78 Å². The average Bonchev–Trinajstić information content (AvgIpc) is 2.32. The predicted molar refractivity (Wildman–Crippen MR) is 63.6 cm³/mol. The molecule has 2 aromatic rings. The molecule has 0 aliphatic heterocycles. The van der Waals surface area contributed by atoms with Gasteiger partial charge in [0.1, 0.15) is 0 Å². The lowest BCUT2D eigenvalue weighted by Gasteiger charge is -2.15. The van der Waals surface area contributed by atoms with Crippen molar-refractivity contribution in [1.82, 2.24) is 0 Å². The van der Waals surface area contributed by atoms with Crippen LogP contribution in [0, 0.1) is 18.6 Å². The molecule has 88 valence electrons. The molecule has 0 aliphatic carbocycles. The number of hydrogen-bond acceptors (Lipinski definition) is 1. The minimum absolute atomic E-state index is 0.180. The lowest BCUT2D eigenvalue weighted by molar-refractivity contribution is 0.494. The highest BCUT2D eigenvalue weighted by atomic mass is 19.2. The van der Waals surface area contributed by atoms with Crippen LogP contribution in [-0.2, 0) is 0 Å². The summed E-state index contributed by atoms with van der Waals surface area (Å²) in [6.07, 6.45) is 0. The van der Waals surface area contributed by atoms with Crippen LogP contribution >= 0.6 is 0 Å². The first kappa shape index (κ1) is 11.7. The minimum atomic E-state index is -0.872. The first-order valence-corrected chi connectivity index (χ1v) is 5.36. The van der Waals surface area contributed by atoms with Gasteiger partial charge >= 0.3 is 0 Å². The Morgan fingerprint density at radius 1 is 0.941 bits per heavy atom. The van der Waals surface area contributed by atoms with E-state index in [2.05, 4.69) is 0 Å². The molecule has 1 nitrogen and oxygen atoms in total. The summed E-state index contributed by atoms with van der Waals surface area (Å²) in [5.74, 6) is -1.74. The van der Waals surface area contributed by atoms with Crippen molar-refractivity contribution in [1.29, 1.82) is 0 Å². The average molecular weight is 233 g/mol. The van der Waals surface area contributed by atoms with Gasteiger partial charge in [0.15, 0.2) is 11.6 Å². The summed E-state index contributed by atoms with van der Waals surface area (Å²) in [4.78, 5) is 0. The third kappa shape index (κ3) is 2.19. The van der Waals surface area contributed by atoms with Crippen molar-refractivity contribution in [2.45, 2.75) is 13.0 Å². The van der Waals surface area contributed by atoms with E-state index in [9.17, 15) is 8.78 Å². The lowest BCUT2D eigenvalue weighted by atomic mass is 9.95. The predicted octanol–water partition coefficient (Wildman–Crippen LogP) is 3.32. The highest BCUT2D eigenvalue weighted by molar-refractivity contribution is 5.37. The van der Waals surface area contributed by atoms with Crippen LogP contribution in [0.3, 0.4) is 0 Å². The molecule has 0 aromatic heterocycles. The van der Waals surface area contributed by atoms with E-state index in [0.717, 1.165) is 17.2 Å². The Morgan fingerprint density at radius 3 is 2.29 bits per heavy atom. The smallest absolute Gasteiger partial charge is 0.163 e. The van der Waals surface area contributed by atoms with E-state index < -0.39 is 17.7 Å². The Bertz CT molecular complexity index is 537. The summed E-state index contributed by atoms with van der Waals surface area (Å²) in [7, 11) is 0. The van der Waals surface area contributed by atoms with Gasteiger partial charge in [-0.05, 0) is 24.1 Å². The van der Waals surface area contributed by atoms with Crippen molar-refractivity contribution >= 4 is 0 Å². The first-order chi connectivity index (χ1) is 8.11. The number of rotatable bonds is 2. The minimum Gasteiger partial charge on any atom is -0.320 e. The first-order valence-electron chi connectivity index (χ1n) is 5.36. The molecule has 0 saturated heterocycles. The van der Waals surface area contributed by atoms with Crippen molar-refractivity contribution in [3.8, 4) is 0 Å². The van der Waals surface area contributed by atoms with Crippen molar-refractivity contribution in [2.75, 3.05) is 0 Å². The van der Waals surface area contributed by atoms with E-state index in [1.54, 1.807) is 0 Å². The Balaban J connectivity index is 2.48. The van der Waals surface area contributed by atoms with Crippen LogP contribution in [-0.4, -0.2) is 0 Å². The molecule has 17 heavy (non-hydrogen) atoms. The van der Waals surface area contributed by atoms with Gasteiger partial charge in [-0.2, -0.15) is 0 Å². The standard InChI is InChI=1S/C14H13F2N/c1-9-5-2-3-6-10(9)14(17)11-7-4-8-12(15)13(11)16/h2-8,14H,17H2,1H3. The van der Waals surface area contributed by atoms with E-state index in [-0.39, 0.29) is 5.56 Å². The van der Waals surface area contributed by atoms with Crippen molar-refractivity contribution in [2.24, 2.45) is 5.73 Å². The molecule has 3 heteroatoms. The third-order valence-corrected chi connectivity index (χ3v) is 2.84. The van der Waals surface area contributed by atoms with E-state index in [0.29, 0.717) is 0 Å². The topological polar surface area (TPSA) is 26.0 Å². The lowest BCUT2D eigenvalue weighted by Crippen LogP contribution is -2.15. The summed E-state index contributed by atoms with van der Waals surface area (Å²) in [6, 6.07) is 10.8. The maximum absolute atomic E-state index is 13.6. The Labute approximate surface area is 98.9 Å². The maximum Gasteiger partial charge on any atom is 0.163 e. The zero-order valence-corrected chi connectivity index (χ0v) is 9.45. The van der Waals surface area contributed by atoms with Crippen LogP contribution in [0.5, 0.6) is 0 Å². The van der Waals surface area contributed by atoms with Crippen LogP contribution in [0.1, 0.15) is 22.7 Å². The second kappa shape index (κ2) is 4.63. The van der Waals surface area contributed by atoms with Crippen LogP contribution in [0.4, 0.5) is 8.78 Å². The van der Waals surface area contributed by atoms with Gasteiger partial charge in [-0.1, -0.05) is 36.4 Å². The van der Waals surface area contributed by atoms with Crippen LogP contribution in [0.25, 0.3) is 0 Å². The van der Waals surface area contributed by atoms with Crippen molar-refractivity contribution in [3.05, 3.63) is 70.8 Å². The van der Waals surface area contributed by atoms with Gasteiger partial charge in [0.2, 0.25) is 0 Å². The number of benzene rings is 2. The normalized spacial score (nSPS) is 12.5. The molecule has 0 aliphatic rings. The number of hydrogen-bond donors (Lipinski definition) is 1. The molecule has 1 unspecified atom stereocenters. The van der Waals surface area contributed by atoms with Crippen LogP contribution in [0.15, 0.2) is 42.5 Å². The summed E-state index contributed by atoms with van der Waals surface area (Å²) in [5, 5.41) is 0. The fourth-order valence-corrected chi connectivity index (χ4v) is 1.86. The molecule has 0 amide bonds. The zero-order chi connectivity index (χ0) is 12.4. The molecule has 2 rings (SSSR count). The van der Waals surface area contributed by atoms with Gasteiger partial charge in [0.05, 0.1) is 6.04 Å². The van der Waals surface area contributed by atoms with Gasteiger partial charge in [0.25, 0.3) is 0 Å². The third-order valence-electron chi connectivity index (χ3n) is 2.84. The fraction of sp³-hybridized carbons (Fsp3) is 0.143. The van der Waals surface area contributed by atoms with Gasteiger partial charge in [-0.3, -0.25) is 0 Å². The number of halogens is 2. The summed E-state index contributed by atoms with van der Waals surface area (Å²) < 4.78 is 26.7. The highest BCUT2D eigenvalue weighted by Gasteiger charge is 2.17. The second-order valence-corrected chi connectivity index (χ2v) is 3.98. The molecule has 0 heterocycles. The SMILES string of the molecule is Cc1ccccc1C(N)c1cccc(F)c1F. The molecule has 0 radical (unpaired) electrons. The molecule has 1 atom stereocenters. The summed E-state index contributed by atoms with van der Waals surface area (Å²) in [6.45, 7) is 1.90. The molecular formula is C14H13F2N. The largest absolute Gasteiger partial charge is 0.320 e. The van der Waals surface area contributed by atoms with Gasteiger partial charge in [-0.15, -0.1) is 0 Å². The monoisotopic (exact) mass is 233 g/mol. The van der Waals surface area contributed by atoms with E-state index in [4.69, 9.17) is 5.73 Å². The molecule has 0 bridgehead atoms. The quantitative estimate of drug-likeness (QED) is 0.846. The summed E-state index contributed by atoms with van der Waals surface area (Å²) in [5.41, 5.74) is 7.92. The summed E-state index contributed by atoms with van der Waals surface area (Å²) >= 11 is 0. The molecular weight excluding hydrogens is 220 g/mol. The van der Waals surface area contributed by atoms with Gasteiger partial charge in [0, 0.05) is 5.56 Å². The van der Waals surface area contributed by atoms with Crippen LogP contribution in [0.2, 0.25) is 0 Å². The maximum atomic E-state index is 13.6. The Kier molecular flexibility index (Phi) is 3.20. The molecule has 2 aromatic carbocycles. The van der Waals surface area contributed by atoms with E-state index in [1.807, 2.05) is 31.2 Å². The van der Waals surface area contributed by atoms with Crippen LogP contribution < -0.4 is 5.73 Å². The number of aryl methyl sites for hydroxylation is 1. The van der Waals surface area contributed by atoms with Crippen molar-refractivity contribution in [3.63, 3.8) is 0 Å². The molecule has 2 N–H and O–H groups in total. The van der Waals surface area contributed by atoms with Gasteiger partial charge in [-0.25, -0.2) is 8.78 Å². The fourth-order valence-electron chi connectivity index (χ4n) is 1.86. The number of nitrogens with two attached hydrogens (primary N) is 1. The zero-order valence-electron chi connectivity index (χ0n) is 9.45. The molecule has 0 fully saturated rings. The Morgan fingerprint density at radius 2 is 1.59 bits per heavy atom. The molecule has 0 spiro atoms.